The van der Waals surface area contributed by atoms with Crippen LogP contribution in [0.15, 0.2) is 47.8 Å². The molecule has 3 aromatic rings. The Bertz CT molecular complexity index is 1050. The van der Waals surface area contributed by atoms with Crippen molar-refractivity contribution >= 4 is 40.5 Å². The maximum atomic E-state index is 12.1. The average molecular weight is 401 g/mol. The summed E-state index contributed by atoms with van der Waals surface area (Å²) in [5.74, 6) is -1.01. The van der Waals surface area contributed by atoms with Crippen molar-refractivity contribution in [1.82, 2.24) is 4.98 Å². The predicted molar refractivity (Wildman–Crippen MR) is 103 cm³/mol. The minimum Gasteiger partial charge on any atom is -0.482 e. The standard InChI is InChI=1S/C19H13ClN2O4S/c20-13-4-2-1-3-12(13)19-21-14(10-27-19)11-5-6-16-15(7-11)22(8-18(24)25)17(23)9-26-16/h1-7,10H,8-9H2,(H,24,25). The molecule has 0 spiro atoms. The zero-order chi connectivity index (χ0) is 19.0. The smallest absolute Gasteiger partial charge is 0.323 e. The molecule has 1 aromatic heterocycles. The number of carbonyl (C=O) groups excluding carboxylic acids is 1. The van der Waals surface area contributed by atoms with E-state index in [4.69, 9.17) is 21.4 Å². The van der Waals surface area contributed by atoms with Crippen LogP contribution in [-0.4, -0.2) is 35.1 Å². The Kier molecular flexibility index (Phi) is 4.55. The van der Waals surface area contributed by atoms with Crippen LogP contribution in [0.3, 0.4) is 0 Å². The molecule has 27 heavy (non-hydrogen) atoms. The number of ether oxygens (including phenoxy) is 1. The number of halogens is 1. The van der Waals surface area contributed by atoms with Crippen LogP contribution in [0.25, 0.3) is 21.8 Å². The zero-order valence-electron chi connectivity index (χ0n) is 13.9. The molecular weight excluding hydrogens is 388 g/mol. The van der Waals surface area contributed by atoms with E-state index in [1.54, 1.807) is 12.1 Å². The van der Waals surface area contributed by atoms with Crippen molar-refractivity contribution in [3.05, 3.63) is 52.9 Å². The fourth-order valence-electron chi connectivity index (χ4n) is 2.83. The second-order valence-corrected chi connectivity index (χ2v) is 7.13. The van der Waals surface area contributed by atoms with E-state index in [1.165, 1.54) is 16.2 Å². The molecule has 6 nitrogen and oxygen atoms in total. The summed E-state index contributed by atoms with van der Waals surface area (Å²) < 4.78 is 5.41. The summed E-state index contributed by atoms with van der Waals surface area (Å²) in [7, 11) is 0. The van der Waals surface area contributed by atoms with Crippen LogP contribution in [0.4, 0.5) is 5.69 Å². The maximum absolute atomic E-state index is 12.1. The van der Waals surface area contributed by atoms with Crippen LogP contribution in [0.1, 0.15) is 0 Å². The highest BCUT2D eigenvalue weighted by Gasteiger charge is 2.27. The molecular formula is C19H13ClN2O4S. The number of thiazole rings is 1. The molecule has 1 aliphatic rings. The summed E-state index contributed by atoms with van der Waals surface area (Å²) >= 11 is 7.70. The first-order valence-corrected chi connectivity index (χ1v) is 9.28. The number of aliphatic carboxylic acids is 1. The van der Waals surface area contributed by atoms with Crippen LogP contribution < -0.4 is 9.64 Å². The fourth-order valence-corrected chi connectivity index (χ4v) is 3.98. The second-order valence-electron chi connectivity index (χ2n) is 5.86. The molecule has 2 aromatic carbocycles. The van der Waals surface area contributed by atoms with Gasteiger partial charge >= 0.3 is 5.97 Å². The van der Waals surface area contributed by atoms with Crippen molar-refractivity contribution in [3.63, 3.8) is 0 Å². The molecule has 1 aliphatic heterocycles. The van der Waals surface area contributed by atoms with Gasteiger partial charge in [-0.15, -0.1) is 11.3 Å². The second kappa shape index (κ2) is 7.02. The fraction of sp³-hybridized carbons (Fsp3) is 0.105. The Labute approximate surface area is 163 Å². The van der Waals surface area contributed by atoms with Crippen LogP contribution in [0.2, 0.25) is 5.02 Å². The minimum atomic E-state index is -1.09. The lowest BCUT2D eigenvalue weighted by Gasteiger charge is -2.28. The summed E-state index contributed by atoms with van der Waals surface area (Å²) in [6.45, 7) is -0.590. The highest BCUT2D eigenvalue weighted by Crippen LogP contribution is 2.38. The number of benzene rings is 2. The van der Waals surface area contributed by atoms with E-state index in [1.807, 2.05) is 35.7 Å². The Morgan fingerprint density at radius 2 is 2.11 bits per heavy atom. The number of aromatic nitrogens is 1. The average Bonchev–Trinajstić information content (AvgIpc) is 3.14. The number of rotatable bonds is 4. The first-order chi connectivity index (χ1) is 13.0. The maximum Gasteiger partial charge on any atom is 0.323 e. The van der Waals surface area contributed by atoms with Gasteiger partial charge in [-0.05, 0) is 24.3 Å². The Hall–Kier alpha value is -2.90. The molecule has 0 saturated carbocycles. The van der Waals surface area contributed by atoms with Gasteiger partial charge in [0, 0.05) is 16.5 Å². The van der Waals surface area contributed by atoms with Crippen LogP contribution >= 0.6 is 22.9 Å². The lowest BCUT2D eigenvalue weighted by molar-refractivity contribution is -0.137. The zero-order valence-corrected chi connectivity index (χ0v) is 15.5. The molecule has 136 valence electrons. The number of nitrogens with zero attached hydrogens (tertiary/aromatic N) is 2. The Balaban J connectivity index is 1.72. The number of amides is 1. The van der Waals surface area contributed by atoms with Crippen LogP contribution in [0, 0.1) is 0 Å². The van der Waals surface area contributed by atoms with Gasteiger partial charge in [0.2, 0.25) is 0 Å². The highest BCUT2D eigenvalue weighted by atomic mass is 35.5. The van der Waals surface area contributed by atoms with Gasteiger partial charge in [0.15, 0.2) is 6.61 Å². The minimum absolute atomic E-state index is 0.174. The van der Waals surface area contributed by atoms with Gasteiger partial charge in [0.05, 0.1) is 16.4 Å². The molecule has 0 atom stereocenters. The number of hydrogen-bond donors (Lipinski definition) is 1. The molecule has 8 heteroatoms. The van der Waals surface area contributed by atoms with E-state index in [0.717, 1.165) is 16.1 Å². The topological polar surface area (TPSA) is 79.7 Å². The number of carbonyl (C=O) groups is 2. The van der Waals surface area contributed by atoms with Gasteiger partial charge in [-0.25, -0.2) is 4.98 Å². The van der Waals surface area contributed by atoms with E-state index < -0.39 is 18.4 Å². The summed E-state index contributed by atoms with van der Waals surface area (Å²) in [5, 5.41) is 12.4. The summed E-state index contributed by atoms with van der Waals surface area (Å²) in [6, 6.07) is 12.7. The largest absolute Gasteiger partial charge is 0.482 e. The third-order valence-electron chi connectivity index (χ3n) is 4.10. The van der Waals surface area contributed by atoms with Crippen molar-refractivity contribution in [2.45, 2.75) is 0 Å². The van der Waals surface area contributed by atoms with Gasteiger partial charge in [-0.2, -0.15) is 0 Å². The van der Waals surface area contributed by atoms with Gasteiger partial charge < -0.3 is 9.84 Å². The summed E-state index contributed by atoms with van der Waals surface area (Å²) in [6.07, 6.45) is 0. The van der Waals surface area contributed by atoms with Crippen LogP contribution in [0.5, 0.6) is 5.75 Å². The summed E-state index contributed by atoms with van der Waals surface area (Å²) in [4.78, 5) is 29.0. The van der Waals surface area contributed by atoms with E-state index >= 15 is 0 Å². The number of hydrogen-bond acceptors (Lipinski definition) is 5. The third kappa shape index (κ3) is 3.39. The molecule has 0 aliphatic carbocycles. The monoisotopic (exact) mass is 400 g/mol. The lowest BCUT2D eigenvalue weighted by Crippen LogP contribution is -2.41. The Morgan fingerprint density at radius 3 is 2.89 bits per heavy atom. The van der Waals surface area contributed by atoms with Crippen LogP contribution in [-0.2, 0) is 9.59 Å². The van der Waals surface area contributed by atoms with Gasteiger partial charge in [0.1, 0.15) is 17.3 Å². The SMILES string of the molecule is O=C(O)CN1C(=O)COc2ccc(-c3csc(-c4ccccc4Cl)n3)cc21. The normalized spacial score (nSPS) is 13.2. The van der Waals surface area contributed by atoms with Crippen molar-refractivity contribution in [1.29, 1.82) is 0 Å². The number of carboxylic acid groups (broad SMARTS) is 1. The van der Waals surface area contributed by atoms with Crippen molar-refractivity contribution < 1.29 is 19.4 Å². The molecule has 1 amide bonds. The number of fused-ring (bicyclic) bond motifs is 1. The molecule has 4 rings (SSSR count). The summed E-state index contributed by atoms with van der Waals surface area (Å²) in [5.41, 5.74) is 2.75. The molecule has 0 saturated heterocycles. The molecule has 1 N–H and O–H groups in total. The van der Waals surface area contributed by atoms with E-state index in [0.29, 0.717) is 22.2 Å². The van der Waals surface area contributed by atoms with Crippen molar-refractivity contribution in [2.24, 2.45) is 0 Å². The van der Waals surface area contributed by atoms with Crippen molar-refractivity contribution in [3.8, 4) is 27.6 Å². The molecule has 2 heterocycles. The first-order valence-electron chi connectivity index (χ1n) is 8.03. The number of anilines is 1. The Morgan fingerprint density at radius 1 is 1.30 bits per heavy atom. The predicted octanol–water partition coefficient (Wildman–Crippen LogP) is 3.94. The lowest BCUT2D eigenvalue weighted by atomic mass is 10.1. The van der Waals surface area contributed by atoms with Gasteiger partial charge in [0.25, 0.3) is 5.91 Å². The molecule has 0 unspecified atom stereocenters. The molecule has 0 bridgehead atoms. The van der Waals surface area contributed by atoms with Gasteiger partial charge in [-0.1, -0.05) is 29.8 Å². The van der Waals surface area contributed by atoms with Gasteiger partial charge in [-0.3, -0.25) is 14.5 Å². The van der Waals surface area contributed by atoms with E-state index in [2.05, 4.69) is 4.98 Å². The number of carboxylic acids is 1. The quantitative estimate of drug-likeness (QED) is 0.717. The molecule has 0 radical (unpaired) electrons. The van der Waals surface area contributed by atoms with E-state index in [9.17, 15) is 9.59 Å². The molecule has 0 fully saturated rings. The van der Waals surface area contributed by atoms with E-state index in [-0.39, 0.29) is 6.61 Å². The first kappa shape index (κ1) is 17.5. The van der Waals surface area contributed by atoms with Crippen molar-refractivity contribution in [2.75, 3.05) is 18.1 Å². The highest BCUT2D eigenvalue weighted by molar-refractivity contribution is 7.13. The third-order valence-corrected chi connectivity index (χ3v) is 5.30.